The van der Waals surface area contributed by atoms with E-state index in [1.807, 2.05) is 0 Å². The highest BCUT2D eigenvalue weighted by molar-refractivity contribution is 5.22. The molecule has 2 atom stereocenters. The van der Waals surface area contributed by atoms with Gasteiger partial charge in [0.2, 0.25) is 0 Å². The van der Waals surface area contributed by atoms with Crippen LogP contribution in [0.15, 0.2) is 18.2 Å². The maximum absolute atomic E-state index is 13.6. The van der Waals surface area contributed by atoms with Crippen LogP contribution in [0.25, 0.3) is 0 Å². The molecule has 1 fully saturated rings. The number of rotatable bonds is 3. The lowest BCUT2D eigenvalue weighted by atomic mass is 10.0. The van der Waals surface area contributed by atoms with Crippen molar-refractivity contribution in [2.75, 3.05) is 13.1 Å². The molecule has 2 N–H and O–H groups in total. The molecule has 2 unspecified atom stereocenters. The lowest BCUT2D eigenvalue weighted by Gasteiger charge is -2.35. The van der Waals surface area contributed by atoms with E-state index in [0.717, 1.165) is 12.6 Å². The van der Waals surface area contributed by atoms with Crippen molar-refractivity contribution in [1.29, 1.82) is 0 Å². The maximum atomic E-state index is 13.6. The molecule has 1 aromatic rings. The predicted octanol–water partition coefficient (Wildman–Crippen LogP) is 2.84. The quantitative estimate of drug-likeness (QED) is 0.898. The molecule has 100 valence electrons. The van der Waals surface area contributed by atoms with Gasteiger partial charge in [-0.1, -0.05) is 12.5 Å². The van der Waals surface area contributed by atoms with E-state index < -0.39 is 17.7 Å². The highest BCUT2D eigenvalue weighted by atomic mass is 19.1. The third kappa shape index (κ3) is 3.06. The van der Waals surface area contributed by atoms with Crippen LogP contribution in [0, 0.1) is 11.6 Å². The Labute approximate surface area is 107 Å². The second-order valence-electron chi connectivity index (χ2n) is 5.11. The Kier molecular flexibility index (Phi) is 4.30. The van der Waals surface area contributed by atoms with E-state index in [4.69, 9.17) is 5.73 Å². The van der Waals surface area contributed by atoms with Crippen molar-refractivity contribution >= 4 is 0 Å². The van der Waals surface area contributed by atoms with Crippen LogP contribution < -0.4 is 5.73 Å². The van der Waals surface area contributed by atoms with Gasteiger partial charge in [0.05, 0.1) is 0 Å². The summed E-state index contributed by atoms with van der Waals surface area (Å²) in [5, 5.41) is 0. The highest BCUT2D eigenvalue weighted by Gasteiger charge is 2.22. The number of benzene rings is 1. The molecule has 1 aliphatic heterocycles. The summed E-state index contributed by atoms with van der Waals surface area (Å²) in [7, 11) is 0. The molecule has 0 spiro atoms. The number of nitrogens with two attached hydrogens (primary N) is 1. The fourth-order valence-corrected chi connectivity index (χ4v) is 2.58. The van der Waals surface area contributed by atoms with Crippen LogP contribution in [0.5, 0.6) is 0 Å². The highest BCUT2D eigenvalue weighted by Crippen LogP contribution is 2.22. The topological polar surface area (TPSA) is 29.3 Å². The molecule has 0 radical (unpaired) electrons. The van der Waals surface area contributed by atoms with Gasteiger partial charge in [0.1, 0.15) is 11.6 Å². The van der Waals surface area contributed by atoms with E-state index in [2.05, 4.69) is 11.8 Å². The van der Waals surface area contributed by atoms with E-state index in [1.54, 1.807) is 0 Å². The summed E-state index contributed by atoms with van der Waals surface area (Å²) >= 11 is 0. The van der Waals surface area contributed by atoms with Crippen molar-refractivity contribution in [1.82, 2.24) is 4.90 Å². The van der Waals surface area contributed by atoms with Gasteiger partial charge in [-0.3, -0.25) is 4.90 Å². The minimum absolute atomic E-state index is 0.397. The molecule has 0 bridgehead atoms. The van der Waals surface area contributed by atoms with E-state index in [0.29, 0.717) is 18.2 Å². The van der Waals surface area contributed by atoms with Crippen LogP contribution in [0.3, 0.4) is 0 Å². The summed E-state index contributed by atoms with van der Waals surface area (Å²) in [6, 6.07) is 3.70. The Morgan fingerprint density at radius 2 is 2.17 bits per heavy atom. The standard InChI is InChI=1S/C14H20F2N2/c1-10-4-2-3-7-18(10)9-14(17)12-6-5-11(15)8-13(12)16/h5-6,8,10,14H,2-4,7,9,17H2,1H3. The van der Waals surface area contributed by atoms with Gasteiger partial charge < -0.3 is 5.73 Å². The summed E-state index contributed by atoms with van der Waals surface area (Å²) < 4.78 is 26.5. The SMILES string of the molecule is CC1CCCCN1CC(N)c1ccc(F)cc1F. The van der Waals surface area contributed by atoms with Gasteiger partial charge >= 0.3 is 0 Å². The molecule has 4 heteroatoms. The zero-order chi connectivity index (χ0) is 13.1. The smallest absolute Gasteiger partial charge is 0.130 e. The molecule has 1 heterocycles. The summed E-state index contributed by atoms with van der Waals surface area (Å²) in [4.78, 5) is 2.29. The summed E-state index contributed by atoms with van der Waals surface area (Å²) in [6.07, 6.45) is 3.58. The minimum atomic E-state index is -0.560. The summed E-state index contributed by atoms with van der Waals surface area (Å²) in [6.45, 7) is 3.81. The normalized spacial score (nSPS) is 23.0. The van der Waals surface area contributed by atoms with Crippen LogP contribution in [0.2, 0.25) is 0 Å². The Morgan fingerprint density at radius 1 is 1.39 bits per heavy atom. The Bertz CT molecular complexity index is 409. The Hall–Kier alpha value is -1.00. The number of likely N-dealkylation sites (tertiary alicyclic amines) is 1. The number of piperidine rings is 1. The molecule has 18 heavy (non-hydrogen) atoms. The van der Waals surface area contributed by atoms with Gasteiger partial charge in [0.25, 0.3) is 0 Å². The molecular formula is C14H20F2N2. The molecule has 1 saturated heterocycles. The first-order chi connectivity index (χ1) is 8.58. The molecule has 1 aliphatic rings. The molecule has 0 saturated carbocycles. The lowest BCUT2D eigenvalue weighted by molar-refractivity contribution is 0.151. The third-order valence-corrected chi connectivity index (χ3v) is 3.73. The second kappa shape index (κ2) is 5.76. The van der Waals surface area contributed by atoms with Gasteiger partial charge in [-0.15, -0.1) is 0 Å². The molecule has 1 aromatic carbocycles. The fourth-order valence-electron chi connectivity index (χ4n) is 2.58. The van der Waals surface area contributed by atoms with Crippen molar-refractivity contribution in [3.63, 3.8) is 0 Å². The van der Waals surface area contributed by atoms with Crippen LogP contribution in [-0.2, 0) is 0 Å². The monoisotopic (exact) mass is 254 g/mol. The van der Waals surface area contributed by atoms with Crippen molar-refractivity contribution < 1.29 is 8.78 Å². The molecule has 0 aliphatic carbocycles. The summed E-state index contributed by atoms with van der Waals surface area (Å²) in [5.41, 5.74) is 6.43. The van der Waals surface area contributed by atoms with Crippen LogP contribution in [-0.4, -0.2) is 24.0 Å². The molecule has 2 rings (SSSR count). The molecule has 0 amide bonds. The van der Waals surface area contributed by atoms with Crippen molar-refractivity contribution in [2.24, 2.45) is 5.73 Å². The van der Waals surface area contributed by atoms with Crippen molar-refractivity contribution in [3.8, 4) is 0 Å². The van der Waals surface area contributed by atoms with Gasteiger partial charge in [-0.25, -0.2) is 8.78 Å². The van der Waals surface area contributed by atoms with Crippen molar-refractivity contribution in [2.45, 2.75) is 38.3 Å². The first-order valence-corrected chi connectivity index (χ1v) is 6.52. The number of hydrogen-bond donors (Lipinski definition) is 1. The van der Waals surface area contributed by atoms with E-state index in [1.165, 1.54) is 31.4 Å². The lowest BCUT2D eigenvalue weighted by Crippen LogP contribution is -2.41. The molecular weight excluding hydrogens is 234 g/mol. The van der Waals surface area contributed by atoms with Crippen LogP contribution in [0.4, 0.5) is 8.78 Å². The zero-order valence-corrected chi connectivity index (χ0v) is 10.7. The minimum Gasteiger partial charge on any atom is -0.323 e. The van der Waals surface area contributed by atoms with E-state index >= 15 is 0 Å². The van der Waals surface area contributed by atoms with Gasteiger partial charge in [0.15, 0.2) is 0 Å². The summed E-state index contributed by atoms with van der Waals surface area (Å²) in [5.74, 6) is -1.11. The molecule has 2 nitrogen and oxygen atoms in total. The first kappa shape index (κ1) is 13.4. The van der Waals surface area contributed by atoms with Crippen molar-refractivity contribution in [3.05, 3.63) is 35.4 Å². The van der Waals surface area contributed by atoms with E-state index in [9.17, 15) is 8.78 Å². The zero-order valence-electron chi connectivity index (χ0n) is 10.7. The largest absolute Gasteiger partial charge is 0.323 e. The average Bonchev–Trinajstić information content (AvgIpc) is 2.32. The number of hydrogen-bond acceptors (Lipinski definition) is 2. The Balaban J connectivity index is 2.04. The molecule has 0 aromatic heterocycles. The van der Waals surface area contributed by atoms with Crippen LogP contribution in [0.1, 0.15) is 37.8 Å². The maximum Gasteiger partial charge on any atom is 0.130 e. The predicted molar refractivity (Wildman–Crippen MR) is 68.2 cm³/mol. The van der Waals surface area contributed by atoms with Gasteiger partial charge in [-0.2, -0.15) is 0 Å². The fraction of sp³-hybridized carbons (Fsp3) is 0.571. The van der Waals surface area contributed by atoms with Gasteiger partial charge in [0, 0.05) is 30.3 Å². The average molecular weight is 254 g/mol. The second-order valence-corrected chi connectivity index (χ2v) is 5.11. The number of halogens is 2. The number of nitrogens with zero attached hydrogens (tertiary/aromatic N) is 1. The van der Waals surface area contributed by atoms with Crippen LogP contribution >= 0.6 is 0 Å². The van der Waals surface area contributed by atoms with E-state index in [-0.39, 0.29) is 0 Å². The third-order valence-electron chi connectivity index (χ3n) is 3.73. The van der Waals surface area contributed by atoms with Gasteiger partial charge in [-0.05, 0) is 32.4 Å². The Morgan fingerprint density at radius 3 is 2.83 bits per heavy atom. The first-order valence-electron chi connectivity index (χ1n) is 6.52.